The fraction of sp³-hybridized carbons (Fsp3) is 1.00. The molecule has 2 N–H and O–H groups in total. The van der Waals surface area contributed by atoms with Crippen LogP contribution >= 0.6 is 0 Å². The molecule has 0 rings (SSSR count). The maximum Gasteiger partial charge on any atom is 0.0940 e. The van der Waals surface area contributed by atoms with Crippen LogP contribution < -0.4 is 5.73 Å². The Bertz CT molecular complexity index is 399. The van der Waals surface area contributed by atoms with Crippen LogP contribution in [0.5, 0.6) is 0 Å². The van der Waals surface area contributed by atoms with Crippen LogP contribution in [-0.2, 0) is 4.74 Å². The van der Waals surface area contributed by atoms with Gasteiger partial charge in [0.2, 0.25) is 0 Å². The Kier molecular flexibility index (Phi) is 32.1. The van der Waals surface area contributed by atoms with Crippen LogP contribution in [0, 0.1) is 11.8 Å². The zero-order valence-corrected chi connectivity index (χ0v) is 26.4. The minimum atomic E-state index is 0.377. The maximum absolute atomic E-state index is 5.59. The molecule has 0 amide bonds. The molecule has 37 heavy (non-hydrogen) atoms. The van der Waals surface area contributed by atoms with Crippen LogP contribution in [0.1, 0.15) is 201 Å². The Balaban J connectivity index is 4.58. The van der Waals surface area contributed by atoms with E-state index in [1.165, 1.54) is 180 Å². The van der Waals surface area contributed by atoms with Crippen LogP contribution in [0.15, 0.2) is 0 Å². The second-order valence-corrected chi connectivity index (χ2v) is 12.2. The molecule has 224 valence electrons. The van der Waals surface area contributed by atoms with Gasteiger partial charge in [0.05, 0.1) is 6.73 Å². The SMILES string of the molecule is CCCCCCCCCCCC(CCCCCCCCCC)C(CCCCCCCC)CCCOCN. The molecule has 0 saturated carbocycles. The van der Waals surface area contributed by atoms with Crippen LogP contribution in [-0.4, -0.2) is 13.3 Å². The van der Waals surface area contributed by atoms with Gasteiger partial charge < -0.3 is 10.5 Å². The third-order valence-corrected chi connectivity index (χ3v) is 8.68. The molecule has 0 spiro atoms. The van der Waals surface area contributed by atoms with Gasteiger partial charge in [0, 0.05) is 6.61 Å². The lowest BCUT2D eigenvalue weighted by molar-refractivity contribution is 0.125. The molecular formula is C35H73NO. The summed E-state index contributed by atoms with van der Waals surface area (Å²) in [7, 11) is 0. The minimum Gasteiger partial charge on any atom is -0.367 e. The first-order valence-corrected chi connectivity index (χ1v) is 17.6. The fourth-order valence-corrected chi connectivity index (χ4v) is 6.21. The van der Waals surface area contributed by atoms with Crippen LogP contribution in [0.4, 0.5) is 0 Å². The number of nitrogens with two attached hydrogens (primary N) is 1. The molecule has 0 fully saturated rings. The summed E-state index contributed by atoms with van der Waals surface area (Å²) >= 11 is 0. The van der Waals surface area contributed by atoms with Gasteiger partial charge in [-0.1, -0.05) is 188 Å². The van der Waals surface area contributed by atoms with E-state index in [0.29, 0.717) is 6.73 Å². The van der Waals surface area contributed by atoms with E-state index in [-0.39, 0.29) is 0 Å². The van der Waals surface area contributed by atoms with Gasteiger partial charge in [0.25, 0.3) is 0 Å². The molecule has 0 aromatic rings. The lowest BCUT2D eigenvalue weighted by Gasteiger charge is -2.28. The molecule has 0 heterocycles. The molecule has 0 aromatic carbocycles. The van der Waals surface area contributed by atoms with E-state index in [2.05, 4.69) is 20.8 Å². The zero-order valence-electron chi connectivity index (χ0n) is 26.4. The minimum absolute atomic E-state index is 0.377. The average Bonchev–Trinajstić information content (AvgIpc) is 2.91. The van der Waals surface area contributed by atoms with E-state index in [4.69, 9.17) is 10.5 Å². The topological polar surface area (TPSA) is 35.2 Å². The van der Waals surface area contributed by atoms with Gasteiger partial charge in [-0.3, -0.25) is 0 Å². The van der Waals surface area contributed by atoms with Gasteiger partial charge in [0.1, 0.15) is 0 Å². The first-order chi connectivity index (χ1) is 18.3. The molecule has 2 nitrogen and oxygen atoms in total. The van der Waals surface area contributed by atoms with Crippen molar-refractivity contribution in [2.24, 2.45) is 17.6 Å². The van der Waals surface area contributed by atoms with Gasteiger partial charge in [-0.05, 0) is 24.7 Å². The Labute approximate surface area is 236 Å². The molecule has 0 aliphatic rings. The summed E-state index contributed by atoms with van der Waals surface area (Å²) < 4.78 is 5.53. The predicted octanol–water partition coefficient (Wildman–Crippen LogP) is 12.1. The number of rotatable bonds is 32. The van der Waals surface area contributed by atoms with Gasteiger partial charge in [0.15, 0.2) is 0 Å². The summed E-state index contributed by atoms with van der Waals surface area (Å²) in [5.74, 6) is 1.85. The summed E-state index contributed by atoms with van der Waals surface area (Å²) in [5.41, 5.74) is 5.59. The molecule has 0 aliphatic carbocycles. The van der Waals surface area contributed by atoms with Crippen molar-refractivity contribution in [2.75, 3.05) is 13.3 Å². The molecular weight excluding hydrogens is 450 g/mol. The smallest absolute Gasteiger partial charge is 0.0940 e. The zero-order chi connectivity index (χ0) is 27.1. The normalized spacial score (nSPS) is 13.3. The third-order valence-electron chi connectivity index (χ3n) is 8.68. The van der Waals surface area contributed by atoms with Crippen molar-refractivity contribution in [3.63, 3.8) is 0 Å². The molecule has 2 unspecified atom stereocenters. The molecule has 0 saturated heterocycles. The first-order valence-electron chi connectivity index (χ1n) is 17.6. The monoisotopic (exact) mass is 524 g/mol. The number of ether oxygens (including phenoxy) is 1. The fourth-order valence-electron chi connectivity index (χ4n) is 6.21. The van der Waals surface area contributed by atoms with E-state index in [1.807, 2.05) is 0 Å². The standard InChI is InChI=1S/C35H73NO/c1-4-7-10-13-16-18-20-23-26-29-34(28-25-22-19-17-14-11-8-5-2)35(31-27-32-37-33-36)30-24-21-15-12-9-6-3/h34-35H,4-33,36H2,1-3H3. The Morgan fingerprint density at radius 2 is 0.649 bits per heavy atom. The Morgan fingerprint density at radius 3 is 0.946 bits per heavy atom. The van der Waals surface area contributed by atoms with E-state index >= 15 is 0 Å². The highest BCUT2D eigenvalue weighted by Crippen LogP contribution is 2.33. The van der Waals surface area contributed by atoms with Crippen molar-refractivity contribution in [1.29, 1.82) is 0 Å². The number of hydrogen-bond donors (Lipinski definition) is 1. The molecule has 2 heteroatoms. The highest BCUT2D eigenvalue weighted by molar-refractivity contribution is 4.72. The van der Waals surface area contributed by atoms with Crippen LogP contribution in [0.3, 0.4) is 0 Å². The van der Waals surface area contributed by atoms with Crippen molar-refractivity contribution < 1.29 is 4.74 Å². The van der Waals surface area contributed by atoms with Crippen molar-refractivity contribution >= 4 is 0 Å². The Hall–Kier alpha value is -0.0800. The molecule has 2 atom stereocenters. The Morgan fingerprint density at radius 1 is 0.378 bits per heavy atom. The summed E-state index contributed by atoms with van der Waals surface area (Å²) in [6, 6.07) is 0. The molecule has 0 aromatic heterocycles. The van der Waals surface area contributed by atoms with E-state index in [1.54, 1.807) is 0 Å². The van der Waals surface area contributed by atoms with E-state index in [9.17, 15) is 0 Å². The van der Waals surface area contributed by atoms with Gasteiger partial charge in [-0.25, -0.2) is 0 Å². The van der Waals surface area contributed by atoms with Gasteiger partial charge in [-0.2, -0.15) is 0 Å². The summed E-state index contributed by atoms with van der Waals surface area (Å²) in [5, 5.41) is 0. The van der Waals surface area contributed by atoms with Crippen LogP contribution in [0.2, 0.25) is 0 Å². The quantitative estimate of drug-likeness (QED) is 0.0702. The predicted molar refractivity (Wildman–Crippen MR) is 168 cm³/mol. The number of hydrogen-bond acceptors (Lipinski definition) is 2. The van der Waals surface area contributed by atoms with Gasteiger partial charge >= 0.3 is 0 Å². The highest BCUT2D eigenvalue weighted by atomic mass is 16.5. The molecule has 0 aliphatic heterocycles. The van der Waals surface area contributed by atoms with Crippen molar-refractivity contribution in [1.82, 2.24) is 0 Å². The van der Waals surface area contributed by atoms with Crippen LogP contribution in [0.25, 0.3) is 0 Å². The van der Waals surface area contributed by atoms with E-state index in [0.717, 1.165) is 18.4 Å². The van der Waals surface area contributed by atoms with Crippen molar-refractivity contribution in [3.8, 4) is 0 Å². The van der Waals surface area contributed by atoms with Crippen molar-refractivity contribution in [2.45, 2.75) is 201 Å². The summed E-state index contributed by atoms with van der Waals surface area (Å²) in [6.07, 6.45) is 40.0. The number of unbranched alkanes of at least 4 members (excludes halogenated alkanes) is 20. The average molecular weight is 524 g/mol. The van der Waals surface area contributed by atoms with E-state index < -0.39 is 0 Å². The molecule has 0 bridgehead atoms. The summed E-state index contributed by atoms with van der Waals surface area (Å²) in [6.45, 7) is 8.18. The second-order valence-electron chi connectivity index (χ2n) is 12.2. The second kappa shape index (κ2) is 32.1. The lowest BCUT2D eigenvalue weighted by atomic mass is 9.78. The first kappa shape index (κ1) is 36.9. The summed E-state index contributed by atoms with van der Waals surface area (Å²) in [4.78, 5) is 0. The lowest BCUT2D eigenvalue weighted by Crippen LogP contribution is -2.17. The maximum atomic E-state index is 5.59. The van der Waals surface area contributed by atoms with Crippen molar-refractivity contribution in [3.05, 3.63) is 0 Å². The third kappa shape index (κ3) is 27.3. The highest BCUT2D eigenvalue weighted by Gasteiger charge is 2.20. The van der Waals surface area contributed by atoms with Gasteiger partial charge in [-0.15, -0.1) is 0 Å². The molecule has 0 radical (unpaired) electrons. The largest absolute Gasteiger partial charge is 0.367 e.